The lowest BCUT2D eigenvalue weighted by molar-refractivity contribution is -0.139. The normalized spacial score (nSPS) is 11.5. The monoisotopic (exact) mass is 326 g/mol. The Balaban J connectivity index is 1.74. The molecule has 3 N–H and O–H groups in total. The van der Waals surface area contributed by atoms with Crippen LogP contribution < -0.4 is 10.6 Å². The smallest absolute Gasteiger partial charge is 0.309 e. The maximum atomic E-state index is 11.9. The van der Waals surface area contributed by atoms with Gasteiger partial charge in [-0.1, -0.05) is 60.7 Å². The van der Waals surface area contributed by atoms with Gasteiger partial charge in [-0.15, -0.1) is 0 Å². The van der Waals surface area contributed by atoms with Crippen LogP contribution in [0.5, 0.6) is 0 Å². The summed E-state index contributed by atoms with van der Waals surface area (Å²) in [5.41, 5.74) is 1.95. The van der Waals surface area contributed by atoms with Gasteiger partial charge < -0.3 is 15.7 Å². The predicted octanol–water partition coefficient (Wildman–Crippen LogP) is 1.59. The van der Waals surface area contributed by atoms with Crippen molar-refractivity contribution in [3.8, 4) is 0 Å². The number of carbonyl (C=O) groups is 2. The highest BCUT2D eigenvalue weighted by atomic mass is 16.3. The van der Waals surface area contributed by atoms with E-state index in [0.717, 1.165) is 18.4 Å². The first-order chi connectivity index (χ1) is 11.7. The van der Waals surface area contributed by atoms with Crippen LogP contribution in [0.15, 0.2) is 60.7 Å². The van der Waals surface area contributed by atoms with Crippen LogP contribution in [0.1, 0.15) is 23.6 Å². The molecule has 0 aliphatic rings. The SMILES string of the molecule is O=C(NCCCc1ccccc1)C(=O)NC(CO)c1ccccc1. The quantitative estimate of drug-likeness (QED) is 0.534. The molecule has 0 radical (unpaired) electrons. The summed E-state index contributed by atoms with van der Waals surface area (Å²) in [6.07, 6.45) is 1.59. The Bertz CT molecular complexity index is 644. The van der Waals surface area contributed by atoms with Gasteiger partial charge in [-0.2, -0.15) is 0 Å². The summed E-state index contributed by atoms with van der Waals surface area (Å²) in [6, 6.07) is 18.4. The molecule has 24 heavy (non-hydrogen) atoms. The second-order valence-electron chi connectivity index (χ2n) is 5.46. The number of benzene rings is 2. The summed E-state index contributed by atoms with van der Waals surface area (Å²) >= 11 is 0. The molecule has 0 saturated heterocycles. The van der Waals surface area contributed by atoms with E-state index in [1.165, 1.54) is 5.56 Å². The first-order valence-corrected chi connectivity index (χ1v) is 7.99. The number of hydrogen-bond donors (Lipinski definition) is 3. The molecule has 0 saturated carbocycles. The highest BCUT2D eigenvalue weighted by Crippen LogP contribution is 2.11. The minimum atomic E-state index is -0.738. The van der Waals surface area contributed by atoms with Crippen LogP contribution in [-0.2, 0) is 16.0 Å². The van der Waals surface area contributed by atoms with Crippen LogP contribution in [0.25, 0.3) is 0 Å². The average Bonchev–Trinajstić information content (AvgIpc) is 2.64. The Labute approximate surface area is 141 Å². The first-order valence-electron chi connectivity index (χ1n) is 7.99. The van der Waals surface area contributed by atoms with E-state index >= 15 is 0 Å². The van der Waals surface area contributed by atoms with E-state index in [4.69, 9.17) is 0 Å². The molecule has 0 fully saturated rings. The number of hydrogen-bond acceptors (Lipinski definition) is 3. The summed E-state index contributed by atoms with van der Waals surface area (Å²) in [4.78, 5) is 23.7. The van der Waals surface area contributed by atoms with Crippen molar-refractivity contribution in [3.05, 3.63) is 71.8 Å². The third-order valence-corrected chi connectivity index (χ3v) is 3.67. The Morgan fingerprint density at radius 3 is 2.17 bits per heavy atom. The number of aryl methyl sites for hydroxylation is 1. The lowest BCUT2D eigenvalue weighted by atomic mass is 10.1. The van der Waals surface area contributed by atoms with Gasteiger partial charge in [-0.3, -0.25) is 9.59 Å². The number of amides is 2. The fourth-order valence-electron chi connectivity index (χ4n) is 2.36. The molecule has 2 rings (SSSR count). The topological polar surface area (TPSA) is 78.4 Å². The summed E-state index contributed by atoms with van der Waals surface area (Å²) in [6.45, 7) is 0.160. The molecule has 5 nitrogen and oxygen atoms in total. The number of aliphatic hydroxyl groups excluding tert-OH is 1. The van der Waals surface area contributed by atoms with Crippen molar-refractivity contribution >= 4 is 11.8 Å². The maximum Gasteiger partial charge on any atom is 0.309 e. The molecule has 0 spiro atoms. The summed E-state index contributed by atoms with van der Waals surface area (Å²) in [5, 5.41) is 14.5. The molecule has 2 amide bonds. The Kier molecular flexibility index (Phi) is 6.98. The second kappa shape index (κ2) is 9.47. The van der Waals surface area contributed by atoms with Crippen LogP contribution in [0.3, 0.4) is 0 Å². The van der Waals surface area contributed by atoms with Gasteiger partial charge in [-0.05, 0) is 24.0 Å². The molecule has 0 aliphatic heterocycles. The van der Waals surface area contributed by atoms with Crippen LogP contribution in [0, 0.1) is 0 Å². The molecule has 0 aromatic heterocycles. The largest absolute Gasteiger partial charge is 0.394 e. The van der Waals surface area contributed by atoms with Crippen molar-refractivity contribution in [2.75, 3.05) is 13.2 Å². The highest BCUT2D eigenvalue weighted by molar-refractivity contribution is 6.35. The molecular formula is C19H22N2O3. The molecule has 0 bridgehead atoms. The van der Waals surface area contributed by atoms with Crippen molar-refractivity contribution in [2.45, 2.75) is 18.9 Å². The Morgan fingerprint density at radius 1 is 0.917 bits per heavy atom. The van der Waals surface area contributed by atoms with Crippen LogP contribution in [-0.4, -0.2) is 30.1 Å². The minimum Gasteiger partial charge on any atom is -0.394 e. The van der Waals surface area contributed by atoms with Gasteiger partial charge in [0, 0.05) is 6.54 Å². The molecular weight excluding hydrogens is 304 g/mol. The average molecular weight is 326 g/mol. The fraction of sp³-hybridized carbons (Fsp3) is 0.263. The van der Waals surface area contributed by atoms with Crippen molar-refractivity contribution in [1.82, 2.24) is 10.6 Å². The number of rotatable bonds is 7. The summed E-state index contributed by atoms with van der Waals surface area (Å²) < 4.78 is 0. The zero-order valence-corrected chi connectivity index (χ0v) is 13.4. The third-order valence-electron chi connectivity index (χ3n) is 3.67. The molecule has 5 heteroatoms. The highest BCUT2D eigenvalue weighted by Gasteiger charge is 2.18. The van der Waals surface area contributed by atoms with E-state index in [1.807, 2.05) is 48.5 Å². The van der Waals surface area contributed by atoms with Gasteiger partial charge in [0.25, 0.3) is 0 Å². The summed E-state index contributed by atoms with van der Waals surface area (Å²) in [7, 11) is 0. The molecule has 1 unspecified atom stereocenters. The van der Waals surface area contributed by atoms with Gasteiger partial charge in [0.2, 0.25) is 0 Å². The first kappa shape index (κ1) is 17.7. The van der Waals surface area contributed by atoms with Crippen LogP contribution >= 0.6 is 0 Å². The van der Waals surface area contributed by atoms with Gasteiger partial charge in [-0.25, -0.2) is 0 Å². The lowest BCUT2D eigenvalue weighted by Crippen LogP contribution is -2.42. The fourth-order valence-corrected chi connectivity index (χ4v) is 2.36. The van der Waals surface area contributed by atoms with Gasteiger partial charge >= 0.3 is 11.8 Å². The molecule has 0 heterocycles. The number of carbonyl (C=O) groups excluding carboxylic acids is 2. The van der Waals surface area contributed by atoms with E-state index in [1.54, 1.807) is 12.1 Å². The van der Waals surface area contributed by atoms with Crippen LogP contribution in [0.2, 0.25) is 0 Å². The maximum absolute atomic E-state index is 11.9. The standard InChI is InChI=1S/C19H22N2O3/c22-14-17(16-11-5-2-6-12-16)21-19(24)18(23)20-13-7-10-15-8-3-1-4-9-15/h1-6,8-9,11-12,17,22H,7,10,13-14H2,(H,20,23)(H,21,24). The van der Waals surface area contributed by atoms with E-state index in [2.05, 4.69) is 10.6 Å². The molecule has 1 atom stereocenters. The zero-order valence-electron chi connectivity index (χ0n) is 13.4. The van der Waals surface area contributed by atoms with E-state index in [9.17, 15) is 14.7 Å². The Hall–Kier alpha value is -2.66. The zero-order chi connectivity index (χ0) is 17.2. The van der Waals surface area contributed by atoms with Gasteiger partial charge in [0.15, 0.2) is 0 Å². The van der Waals surface area contributed by atoms with Gasteiger partial charge in [0.1, 0.15) is 0 Å². The van der Waals surface area contributed by atoms with E-state index < -0.39 is 17.9 Å². The van der Waals surface area contributed by atoms with Crippen LogP contribution in [0.4, 0.5) is 0 Å². The number of nitrogens with one attached hydrogen (secondary N) is 2. The second-order valence-corrected chi connectivity index (χ2v) is 5.46. The molecule has 2 aromatic carbocycles. The Morgan fingerprint density at radius 2 is 1.54 bits per heavy atom. The van der Waals surface area contributed by atoms with Crippen molar-refractivity contribution in [2.24, 2.45) is 0 Å². The van der Waals surface area contributed by atoms with Gasteiger partial charge in [0.05, 0.1) is 12.6 Å². The third kappa shape index (κ3) is 5.52. The minimum absolute atomic E-state index is 0.267. The van der Waals surface area contributed by atoms with E-state index in [-0.39, 0.29) is 6.61 Å². The summed E-state index contributed by atoms with van der Waals surface area (Å²) in [5.74, 6) is -1.42. The van der Waals surface area contributed by atoms with Crippen molar-refractivity contribution < 1.29 is 14.7 Å². The molecule has 0 aliphatic carbocycles. The lowest BCUT2D eigenvalue weighted by Gasteiger charge is -2.16. The van der Waals surface area contributed by atoms with Crippen molar-refractivity contribution in [1.29, 1.82) is 0 Å². The van der Waals surface area contributed by atoms with Crippen molar-refractivity contribution in [3.63, 3.8) is 0 Å². The number of aliphatic hydroxyl groups is 1. The molecule has 2 aromatic rings. The predicted molar refractivity (Wildman–Crippen MR) is 92.2 cm³/mol. The molecule has 126 valence electrons. The van der Waals surface area contributed by atoms with E-state index in [0.29, 0.717) is 6.54 Å².